The van der Waals surface area contributed by atoms with Crippen molar-refractivity contribution in [3.8, 4) is 10.4 Å². The van der Waals surface area contributed by atoms with Gasteiger partial charge in [0.05, 0.1) is 11.4 Å². The van der Waals surface area contributed by atoms with Crippen LogP contribution in [0.2, 0.25) is 0 Å². The lowest BCUT2D eigenvalue weighted by Crippen LogP contribution is -2.26. The second-order valence-corrected chi connectivity index (χ2v) is 6.84. The molecule has 0 fully saturated rings. The number of nitrogens with zero attached hydrogens (tertiary/aromatic N) is 3. The van der Waals surface area contributed by atoms with Crippen LogP contribution < -0.4 is 0 Å². The third kappa shape index (κ3) is 3.08. The van der Waals surface area contributed by atoms with E-state index in [1.54, 1.807) is 23.3 Å². The molecule has 1 amide bonds. The molecule has 0 aliphatic rings. The molecule has 0 unspecified atom stereocenters. The molecule has 0 aliphatic carbocycles. The number of aromatic nitrogens is 2. The van der Waals surface area contributed by atoms with Crippen LogP contribution in [0.3, 0.4) is 0 Å². The minimum atomic E-state index is -0.0993. The van der Waals surface area contributed by atoms with Gasteiger partial charge in [0.25, 0.3) is 5.91 Å². The molecule has 112 valence electrons. The number of hydrogen-bond acceptors (Lipinski definition) is 5. The van der Waals surface area contributed by atoms with Gasteiger partial charge in [0.1, 0.15) is 0 Å². The van der Waals surface area contributed by atoms with E-state index < -0.39 is 0 Å². The van der Waals surface area contributed by atoms with Crippen LogP contribution in [0.25, 0.3) is 10.4 Å². The second kappa shape index (κ2) is 6.37. The number of thiophene rings is 1. The number of carbonyl (C=O) groups excluding carboxylic acids is 1. The fourth-order valence-electron chi connectivity index (χ4n) is 2.11. The minimum absolute atomic E-state index is 0.0993. The van der Waals surface area contributed by atoms with Gasteiger partial charge in [-0.2, -0.15) is 0 Å². The lowest BCUT2D eigenvalue weighted by atomic mass is 10.1. The van der Waals surface area contributed by atoms with Crippen LogP contribution in [0.4, 0.5) is 0 Å². The van der Waals surface area contributed by atoms with Crippen LogP contribution in [0, 0.1) is 6.92 Å². The minimum Gasteiger partial charge on any atom is -0.335 e. The lowest BCUT2D eigenvalue weighted by molar-refractivity contribution is 0.0781. The molecule has 0 saturated heterocycles. The summed E-state index contributed by atoms with van der Waals surface area (Å²) in [7, 11) is 1.79. The Morgan fingerprint density at radius 3 is 2.68 bits per heavy atom. The quantitative estimate of drug-likeness (QED) is 0.730. The number of rotatable bonds is 4. The van der Waals surface area contributed by atoms with Gasteiger partial charge in [-0.05, 0) is 35.5 Å². The highest BCUT2D eigenvalue weighted by atomic mass is 32.1. The van der Waals surface area contributed by atoms with Crippen LogP contribution >= 0.6 is 22.9 Å². The molecule has 4 nitrogen and oxygen atoms in total. The van der Waals surface area contributed by atoms with E-state index in [4.69, 9.17) is 0 Å². The highest BCUT2D eigenvalue weighted by Gasteiger charge is 2.21. The summed E-state index contributed by atoms with van der Waals surface area (Å²) in [5.41, 5.74) is 2.59. The van der Waals surface area contributed by atoms with E-state index in [1.165, 1.54) is 17.1 Å². The van der Waals surface area contributed by atoms with Crippen molar-refractivity contribution < 1.29 is 4.79 Å². The van der Waals surface area contributed by atoms with Gasteiger partial charge >= 0.3 is 0 Å². The molecule has 2 heterocycles. The van der Waals surface area contributed by atoms with Gasteiger partial charge in [0.15, 0.2) is 5.69 Å². The van der Waals surface area contributed by atoms with E-state index in [0.717, 1.165) is 15.3 Å². The largest absolute Gasteiger partial charge is 0.335 e. The van der Waals surface area contributed by atoms with Gasteiger partial charge in [-0.3, -0.25) is 4.79 Å². The Hall–Kier alpha value is -2.05. The van der Waals surface area contributed by atoms with Crippen molar-refractivity contribution in [1.82, 2.24) is 14.5 Å². The van der Waals surface area contributed by atoms with Gasteiger partial charge < -0.3 is 4.90 Å². The van der Waals surface area contributed by atoms with Crippen molar-refractivity contribution in [2.45, 2.75) is 13.5 Å². The zero-order valence-electron chi connectivity index (χ0n) is 12.3. The molecule has 0 atom stereocenters. The number of hydrogen-bond donors (Lipinski definition) is 0. The van der Waals surface area contributed by atoms with Gasteiger partial charge in [-0.1, -0.05) is 40.4 Å². The maximum Gasteiger partial charge on any atom is 0.276 e. The molecule has 2 aromatic heterocycles. The molecular weight excluding hydrogens is 314 g/mol. The smallest absolute Gasteiger partial charge is 0.276 e. The third-order valence-corrected chi connectivity index (χ3v) is 4.96. The average molecular weight is 329 g/mol. The third-order valence-electron chi connectivity index (χ3n) is 3.32. The summed E-state index contributed by atoms with van der Waals surface area (Å²) in [4.78, 5) is 16.3. The first-order valence-electron chi connectivity index (χ1n) is 6.82. The zero-order chi connectivity index (χ0) is 15.5. The van der Waals surface area contributed by atoms with Crippen LogP contribution in [0.1, 0.15) is 20.9 Å². The summed E-state index contributed by atoms with van der Waals surface area (Å²) in [5, 5.41) is 6.06. The molecule has 3 rings (SSSR count). The lowest BCUT2D eigenvalue weighted by Gasteiger charge is -2.15. The van der Waals surface area contributed by atoms with E-state index >= 15 is 0 Å². The van der Waals surface area contributed by atoms with Gasteiger partial charge in [0.2, 0.25) is 0 Å². The second-order valence-electron chi connectivity index (χ2n) is 5.06. The summed E-state index contributed by atoms with van der Waals surface area (Å²) in [6.07, 6.45) is 0. The van der Waals surface area contributed by atoms with E-state index in [9.17, 15) is 4.79 Å². The van der Waals surface area contributed by atoms with E-state index in [2.05, 4.69) is 9.59 Å². The van der Waals surface area contributed by atoms with Gasteiger partial charge in [0, 0.05) is 11.9 Å². The van der Waals surface area contributed by atoms with Crippen LogP contribution in [-0.4, -0.2) is 27.4 Å². The molecule has 0 spiro atoms. The highest BCUT2D eigenvalue weighted by molar-refractivity contribution is 7.10. The van der Waals surface area contributed by atoms with Crippen molar-refractivity contribution in [1.29, 1.82) is 0 Å². The molecule has 6 heteroatoms. The number of amides is 1. The number of benzene rings is 1. The molecule has 3 aromatic rings. The first kappa shape index (κ1) is 14.9. The predicted molar refractivity (Wildman–Crippen MR) is 90.2 cm³/mol. The summed E-state index contributed by atoms with van der Waals surface area (Å²) in [5.74, 6) is -0.0993. The topological polar surface area (TPSA) is 46.1 Å². The van der Waals surface area contributed by atoms with Crippen LogP contribution in [0.15, 0.2) is 41.8 Å². The number of carbonyl (C=O) groups is 1. The molecule has 22 heavy (non-hydrogen) atoms. The predicted octanol–water partition coefficient (Wildman–Crippen LogP) is 3.85. The van der Waals surface area contributed by atoms with Crippen molar-refractivity contribution in [3.05, 3.63) is 57.9 Å². The SMILES string of the molecule is Cc1ccc(-c2snnc2C(=O)N(C)Cc2cccs2)cc1. The Kier molecular flexibility index (Phi) is 4.31. The summed E-state index contributed by atoms with van der Waals surface area (Å²) in [6.45, 7) is 2.62. The van der Waals surface area contributed by atoms with Crippen LogP contribution in [0.5, 0.6) is 0 Å². The Bertz CT molecular complexity index is 763. The monoisotopic (exact) mass is 329 g/mol. The van der Waals surface area contributed by atoms with Crippen molar-refractivity contribution >= 4 is 28.8 Å². The molecule has 0 N–H and O–H groups in total. The Labute approximate surface area is 137 Å². The standard InChI is InChI=1S/C16H15N3OS2/c1-11-5-7-12(8-6-11)15-14(17-18-22-15)16(20)19(2)10-13-4-3-9-21-13/h3-9H,10H2,1-2H3. The summed E-state index contributed by atoms with van der Waals surface area (Å²) in [6, 6.07) is 12.1. The summed E-state index contributed by atoms with van der Waals surface area (Å²) >= 11 is 2.90. The molecule has 0 bridgehead atoms. The Morgan fingerprint density at radius 1 is 1.23 bits per heavy atom. The maximum atomic E-state index is 12.6. The molecule has 0 saturated carbocycles. The molecular formula is C16H15N3OS2. The number of aryl methyl sites for hydroxylation is 1. The average Bonchev–Trinajstić information content (AvgIpc) is 3.18. The van der Waals surface area contributed by atoms with Crippen LogP contribution in [-0.2, 0) is 6.54 Å². The Balaban J connectivity index is 1.84. The van der Waals surface area contributed by atoms with Crippen molar-refractivity contribution in [3.63, 3.8) is 0 Å². The van der Waals surface area contributed by atoms with E-state index in [0.29, 0.717) is 12.2 Å². The maximum absolute atomic E-state index is 12.6. The van der Waals surface area contributed by atoms with Gasteiger partial charge in [-0.25, -0.2) is 0 Å². The highest BCUT2D eigenvalue weighted by Crippen LogP contribution is 2.27. The molecule has 0 radical (unpaired) electrons. The van der Waals surface area contributed by atoms with Gasteiger partial charge in [-0.15, -0.1) is 16.4 Å². The normalized spacial score (nSPS) is 10.6. The first-order valence-corrected chi connectivity index (χ1v) is 8.47. The Morgan fingerprint density at radius 2 is 2.00 bits per heavy atom. The first-order chi connectivity index (χ1) is 10.6. The van der Waals surface area contributed by atoms with E-state index in [-0.39, 0.29) is 5.91 Å². The molecule has 1 aromatic carbocycles. The van der Waals surface area contributed by atoms with E-state index in [1.807, 2.05) is 48.7 Å². The van der Waals surface area contributed by atoms with Crippen molar-refractivity contribution in [2.24, 2.45) is 0 Å². The van der Waals surface area contributed by atoms with Crippen molar-refractivity contribution in [2.75, 3.05) is 7.05 Å². The summed E-state index contributed by atoms with van der Waals surface area (Å²) < 4.78 is 3.97. The fourth-order valence-corrected chi connectivity index (χ4v) is 3.53. The zero-order valence-corrected chi connectivity index (χ0v) is 13.9. The fraction of sp³-hybridized carbons (Fsp3) is 0.188. The molecule has 0 aliphatic heterocycles.